The van der Waals surface area contributed by atoms with Crippen LogP contribution in [0.25, 0.3) is 0 Å². The third-order valence-corrected chi connectivity index (χ3v) is 4.71. The van der Waals surface area contributed by atoms with Crippen molar-refractivity contribution in [2.24, 2.45) is 5.73 Å². The lowest BCUT2D eigenvalue weighted by atomic mass is 9.76. The Labute approximate surface area is 147 Å². The number of ether oxygens (including phenoxy) is 1. The molecule has 1 heterocycles. The highest BCUT2D eigenvalue weighted by molar-refractivity contribution is 5.99. The van der Waals surface area contributed by atoms with Crippen molar-refractivity contribution in [1.29, 1.82) is 5.26 Å². The Morgan fingerprint density at radius 3 is 2.76 bits per heavy atom. The lowest BCUT2D eigenvalue weighted by molar-refractivity contribution is -0.116. The summed E-state index contributed by atoms with van der Waals surface area (Å²) < 4.78 is 5.31. The highest BCUT2D eigenvalue weighted by atomic mass is 16.5. The van der Waals surface area contributed by atoms with Gasteiger partial charge in [-0.05, 0) is 30.5 Å². The van der Waals surface area contributed by atoms with Crippen molar-refractivity contribution in [2.45, 2.75) is 25.2 Å². The Bertz CT molecular complexity index is 817. The molecule has 2 aliphatic rings. The first kappa shape index (κ1) is 17.1. The molecule has 6 nitrogen and oxygen atoms in total. The van der Waals surface area contributed by atoms with Crippen LogP contribution in [0.1, 0.15) is 30.7 Å². The smallest absolute Gasteiger partial charge is 0.161 e. The number of ketones is 1. The molecule has 0 saturated carbocycles. The summed E-state index contributed by atoms with van der Waals surface area (Å²) in [6, 6.07) is 9.73. The van der Waals surface area contributed by atoms with Crippen LogP contribution in [0.15, 0.2) is 46.9 Å². The first-order valence-corrected chi connectivity index (χ1v) is 8.26. The molecule has 0 aromatic heterocycles. The largest absolute Gasteiger partial charge is 0.497 e. The number of hydrogen-bond donors (Lipinski definition) is 1. The van der Waals surface area contributed by atoms with Crippen LogP contribution in [-0.2, 0) is 4.79 Å². The van der Waals surface area contributed by atoms with E-state index in [-0.39, 0.29) is 5.78 Å². The Balaban J connectivity index is 2.25. The summed E-state index contributed by atoms with van der Waals surface area (Å²) in [4.78, 5) is 12.8. The van der Waals surface area contributed by atoms with Gasteiger partial charge in [0.1, 0.15) is 11.6 Å². The van der Waals surface area contributed by atoms with E-state index in [0.29, 0.717) is 29.1 Å². The lowest BCUT2D eigenvalue weighted by Gasteiger charge is -2.42. The molecule has 0 radical (unpaired) electrons. The number of nitriles is 1. The summed E-state index contributed by atoms with van der Waals surface area (Å²) in [5, 5.41) is 13.4. The van der Waals surface area contributed by atoms with E-state index in [1.807, 2.05) is 43.4 Å². The van der Waals surface area contributed by atoms with Crippen LogP contribution in [0.3, 0.4) is 0 Å². The van der Waals surface area contributed by atoms with Gasteiger partial charge in [-0.2, -0.15) is 5.26 Å². The molecule has 0 saturated heterocycles. The fraction of sp³-hybridized carbons (Fsp3) is 0.368. The fourth-order valence-corrected chi connectivity index (χ4v) is 3.68. The van der Waals surface area contributed by atoms with Gasteiger partial charge in [0.05, 0.1) is 24.7 Å². The molecule has 0 bridgehead atoms. The molecule has 1 atom stereocenters. The van der Waals surface area contributed by atoms with Crippen LogP contribution in [0.5, 0.6) is 5.75 Å². The number of hydrogen-bond acceptors (Lipinski definition) is 6. The number of carbonyl (C=O) groups excluding carboxylic acids is 1. The number of Topliss-reactive ketones (excluding diaryl/α,β-unsaturated/α-hetero) is 1. The number of benzene rings is 1. The molecular formula is C19H22N4O2. The highest BCUT2D eigenvalue weighted by Crippen LogP contribution is 2.45. The molecule has 0 fully saturated rings. The molecule has 2 N–H and O–H groups in total. The van der Waals surface area contributed by atoms with Gasteiger partial charge in [0.15, 0.2) is 5.78 Å². The molecule has 0 spiro atoms. The maximum Gasteiger partial charge on any atom is 0.161 e. The Morgan fingerprint density at radius 2 is 2.12 bits per heavy atom. The minimum absolute atomic E-state index is 0.0844. The summed E-state index contributed by atoms with van der Waals surface area (Å²) in [6.07, 6.45) is 2.06. The van der Waals surface area contributed by atoms with Crippen molar-refractivity contribution in [3.05, 3.63) is 52.5 Å². The van der Waals surface area contributed by atoms with E-state index < -0.39 is 5.92 Å². The quantitative estimate of drug-likeness (QED) is 0.910. The minimum atomic E-state index is -0.445. The number of allylic oxidation sites excluding steroid dienone is 3. The van der Waals surface area contributed by atoms with Gasteiger partial charge in [-0.25, -0.2) is 5.01 Å². The molecule has 1 aliphatic carbocycles. The van der Waals surface area contributed by atoms with Gasteiger partial charge in [-0.3, -0.25) is 9.80 Å². The van der Waals surface area contributed by atoms with Gasteiger partial charge in [0, 0.05) is 31.8 Å². The molecule has 130 valence electrons. The summed E-state index contributed by atoms with van der Waals surface area (Å²) in [6.45, 7) is 0. The maximum atomic E-state index is 12.8. The fourth-order valence-electron chi connectivity index (χ4n) is 3.68. The van der Waals surface area contributed by atoms with E-state index in [1.165, 1.54) is 0 Å². The Kier molecular flexibility index (Phi) is 4.51. The standard InChI is InChI=1S/C19H22N4O2/c1-22(2)23-15-8-5-9-16(24)18(15)17(14(11-20)19(23)21)12-6-4-7-13(10-12)25-3/h4,6-7,10,17H,5,8-9,21H2,1-3H3/t17-/m0/s1. The number of rotatable bonds is 3. The van der Waals surface area contributed by atoms with Crippen LogP contribution in [0.4, 0.5) is 0 Å². The zero-order valence-electron chi connectivity index (χ0n) is 14.7. The van der Waals surface area contributed by atoms with Crippen LogP contribution in [0.2, 0.25) is 0 Å². The topological polar surface area (TPSA) is 82.6 Å². The predicted octanol–water partition coefficient (Wildman–Crippen LogP) is 2.27. The molecule has 6 heteroatoms. The monoisotopic (exact) mass is 338 g/mol. The molecule has 0 amide bonds. The van der Waals surface area contributed by atoms with Crippen molar-refractivity contribution >= 4 is 5.78 Å². The van der Waals surface area contributed by atoms with Crippen LogP contribution < -0.4 is 10.5 Å². The van der Waals surface area contributed by atoms with Crippen molar-refractivity contribution < 1.29 is 9.53 Å². The summed E-state index contributed by atoms with van der Waals surface area (Å²) in [5.41, 5.74) is 9.17. The second kappa shape index (κ2) is 6.61. The number of hydrazine groups is 1. The SMILES string of the molecule is COc1cccc([C@H]2C(C#N)=C(N)N(N(C)C)C3=C2C(=O)CCC3)c1. The third-order valence-electron chi connectivity index (χ3n) is 4.71. The summed E-state index contributed by atoms with van der Waals surface area (Å²) >= 11 is 0. The number of nitrogens with two attached hydrogens (primary N) is 1. The van der Waals surface area contributed by atoms with E-state index in [4.69, 9.17) is 10.5 Å². The van der Waals surface area contributed by atoms with Gasteiger partial charge in [0.2, 0.25) is 0 Å². The van der Waals surface area contributed by atoms with Crippen LogP contribution in [-0.4, -0.2) is 37.0 Å². The first-order valence-electron chi connectivity index (χ1n) is 8.26. The second-order valence-electron chi connectivity index (χ2n) is 6.42. The van der Waals surface area contributed by atoms with Crippen LogP contribution in [0, 0.1) is 11.3 Å². The molecule has 0 unspecified atom stereocenters. The highest BCUT2D eigenvalue weighted by Gasteiger charge is 2.40. The number of carbonyl (C=O) groups is 1. The van der Waals surface area contributed by atoms with E-state index in [9.17, 15) is 10.1 Å². The van der Waals surface area contributed by atoms with E-state index in [1.54, 1.807) is 12.1 Å². The van der Waals surface area contributed by atoms with Gasteiger partial charge in [-0.15, -0.1) is 0 Å². The van der Waals surface area contributed by atoms with Gasteiger partial charge in [-0.1, -0.05) is 12.1 Å². The zero-order valence-corrected chi connectivity index (χ0v) is 14.7. The average molecular weight is 338 g/mol. The summed E-state index contributed by atoms with van der Waals surface area (Å²) in [7, 11) is 5.31. The molecule has 1 aromatic carbocycles. The van der Waals surface area contributed by atoms with Gasteiger partial charge in [0.25, 0.3) is 0 Å². The van der Waals surface area contributed by atoms with E-state index in [2.05, 4.69) is 6.07 Å². The Hall–Kier alpha value is -2.78. The van der Waals surface area contributed by atoms with Crippen molar-refractivity contribution in [3.63, 3.8) is 0 Å². The third kappa shape index (κ3) is 2.77. The van der Waals surface area contributed by atoms with E-state index in [0.717, 1.165) is 24.1 Å². The lowest BCUT2D eigenvalue weighted by Crippen LogP contribution is -2.45. The Morgan fingerprint density at radius 1 is 1.36 bits per heavy atom. The molecule has 1 aromatic rings. The predicted molar refractivity (Wildman–Crippen MR) is 94.0 cm³/mol. The summed E-state index contributed by atoms with van der Waals surface area (Å²) in [5.74, 6) is 0.711. The second-order valence-corrected chi connectivity index (χ2v) is 6.42. The molecule has 3 rings (SSSR count). The maximum absolute atomic E-state index is 12.8. The van der Waals surface area contributed by atoms with Crippen molar-refractivity contribution in [1.82, 2.24) is 10.0 Å². The molecular weight excluding hydrogens is 316 g/mol. The average Bonchev–Trinajstić information content (AvgIpc) is 2.60. The minimum Gasteiger partial charge on any atom is -0.497 e. The number of nitrogens with zero attached hydrogens (tertiary/aromatic N) is 3. The van der Waals surface area contributed by atoms with Gasteiger partial charge >= 0.3 is 0 Å². The zero-order chi connectivity index (χ0) is 18.1. The number of methoxy groups -OCH3 is 1. The first-order chi connectivity index (χ1) is 12.0. The van der Waals surface area contributed by atoms with Crippen LogP contribution >= 0.6 is 0 Å². The normalized spacial score (nSPS) is 20.7. The molecule has 25 heavy (non-hydrogen) atoms. The van der Waals surface area contributed by atoms with Crippen molar-refractivity contribution in [2.75, 3.05) is 21.2 Å². The van der Waals surface area contributed by atoms with Crippen molar-refractivity contribution in [3.8, 4) is 11.8 Å². The van der Waals surface area contributed by atoms with E-state index >= 15 is 0 Å². The van der Waals surface area contributed by atoms with Gasteiger partial charge < -0.3 is 10.5 Å². The molecule has 1 aliphatic heterocycles.